The van der Waals surface area contributed by atoms with Gasteiger partial charge in [-0.1, -0.05) is 0 Å². The number of nitrogens with two attached hydrogens (primary N) is 1. The zero-order valence-electron chi connectivity index (χ0n) is 9.44. The fourth-order valence-corrected chi connectivity index (χ4v) is 1.81. The van der Waals surface area contributed by atoms with Crippen LogP contribution in [0.4, 0.5) is 0 Å². The van der Waals surface area contributed by atoms with Crippen molar-refractivity contribution in [1.29, 1.82) is 0 Å². The average Bonchev–Trinajstić information content (AvgIpc) is 2.42. The van der Waals surface area contributed by atoms with Crippen LogP contribution in [0, 0.1) is 13.8 Å². The first-order valence-corrected chi connectivity index (χ1v) is 5.28. The summed E-state index contributed by atoms with van der Waals surface area (Å²) in [5.41, 5.74) is 6.43. The molecule has 1 atom stereocenters. The predicted octanol–water partition coefficient (Wildman–Crippen LogP) is 1.57. The quantitative estimate of drug-likeness (QED) is 0.886. The van der Waals surface area contributed by atoms with Crippen LogP contribution in [-0.4, -0.2) is 16.9 Å². The molecule has 1 aromatic rings. The van der Waals surface area contributed by atoms with Gasteiger partial charge in [0.1, 0.15) is 5.01 Å². The Morgan fingerprint density at radius 2 is 2.06 bits per heavy atom. The highest BCUT2D eigenvalue weighted by molar-refractivity contribution is 7.11. The summed E-state index contributed by atoms with van der Waals surface area (Å²) in [5, 5.41) is 3.65. The van der Waals surface area contributed by atoms with Gasteiger partial charge in [0.25, 0.3) is 0 Å². The number of halogens is 2. The first kappa shape index (κ1) is 18.0. The number of amides is 1. The van der Waals surface area contributed by atoms with Crippen LogP contribution in [0.3, 0.4) is 0 Å². The molecule has 0 saturated carbocycles. The lowest BCUT2D eigenvalue weighted by atomic mass is 10.3. The van der Waals surface area contributed by atoms with E-state index >= 15 is 0 Å². The number of carbonyl (C=O) groups excluding carboxylic acids is 1. The Kier molecular flexibility index (Phi) is 8.83. The number of rotatable bonds is 3. The predicted molar refractivity (Wildman–Crippen MR) is 71.6 cm³/mol. The van der Waals surface area contributed by atoms with Gasteiger partial charge in [-0.15, -0.1) is 36.2 Å². The second-order valence-corrected chi connectivity index (χ2v) is 4.54. The first-order valence-electron chi connectivity index (χ1n) is 4.47. The maximum absolute atomic E-state index is 11.1. The van der Waals surface area contributed by atoms with Crippen molar-refractivity contribution in [2.24, 2.45) is 5.73 Å². The molecule has 0 aliphatic carbocycles. The second kappa shape index (κ2) is 7.84. The van der Waals surface area contributed by atoms with Gasteiger partial charge in [0.2, 0.25) is 5.91 Å². The van der Waals surface area contributed by atoms with Crippen LogP contribution < -0.4 is 11.1 Å². The lowest BCUT2D eigenvalue weighted by Gasteiger charge is -2.04. The minimum absolute atomic E-state index is 0. The summed E-state index contributed by atoms with van der Waals surface area (Å²) in [4.78, 5) is 16.6. The monoisotopic (exact) mass is 285 g/mol. The Hall–Kier alpha value is -0.360. The SMILES string of the molecule is Cc1nc(CNC(=O)C(C)N)sc1C.Cl.Cl. The summed E-state index contributed by atoms with van der Waals surface area (Å²) in [5.74, 6) is -0.143. The number of aromatic nitrogens is 1. The molecular weight excluding hydrogens is 269 g/mol. The van der Waals surface area contributed by atoms with E-state index in [4.69, 9.17) is 5.73 Å². The maximum Gasteiger partial charge on any atom is 0.236 e. The molecule has 0 fully saturated rings. The third kappa shape index (κ3) is 5.12. The highest BCUT2D eigenvalue weighted by Crippen LogP contribution is 2.15. The second-order valence-electron chi connectivity index (χ2n) is 3.26. The maximum atomic E-state index is 11.1. The summed E-state index contributed by atoms with van der Waals surface area (Å²) in [6.45, 7) is 6.11. The van der Waals surface area contributed by atoms with Crippen LogP contribution in [0.5, 0.6) is 0 Å². The molecule has 7 heteroatoms. The lowest BCUT2D eigenvalue weighted by Crippen LogP contribution is -2.37. The molecule has 94 valence electrons. The number of hydrogen-bond donors (Lipinski definition) is 2. The third-order valence-corrected chi connectivity index (χ3v) is 2.97. The minimum Gasteiger partial charge on any atom is -0.348 e. The molecule has 1 rings (SSSR count). The standard InChI is InChI=1S/C9H15N3OS.2ClH/c1-5(10)9(13)11-4-8-12-6(2)7(3)14-8;;/h5H,4,10H2,1-3H3,(H,11,13);2*1H. The molecule has 0 spiro atoms. The first-order chi connectivity index (χ1) is 6.50. The molecule has 4 nitrogen and oxygen atoms in total. The smallest absolute Gasteiger partial charge is 0.236 e. The van der Waals surface area contributed by atoms with Crippen LogP contribution in [0.2, 0.25) is 0 Å². The zero-order chi connectivity index (χ0) is 10.7. The largest absolute Gasteiger partial charge is 0.348 e. The van der Waals surface area contributed by atoms with E-state index in [9.17, 15) is 4.79 Å². The van der Waals surface area contributed by atoms with E-state index in [0.29, 0.717) is 6.54 Å². The van der Waals surface area contributed by atoms with Crippen molar-refractivity contribution in [2.45, 2.75) is 33.4 Å². The van der Waals surface area contributed by atoms with Crippen molar-refractivity contribution < 1.29 is 4.79 Å². The van der Waals surface area contributed by atoms with Gasteiger partial charge < -0.3 is 11.1 Å². The highest BCUT2D eigenvalue weighted by Gasteiger charge is 2.08. The molecular formula is C9H17Cl2N3OS. The Bertz CT molecular complexity index is 322. The van der Waals surface area contributed by atoms with Gasteiger partial charge in [-0.3, -0.25) is 4.79 Å². The molecule has 0 aliphatic rings. The summed E-state index contributed by atoms with van der Waals surface area (Å²) in [6, 6.07) is -0.461. The third-order valence-electron chi connectivity index (χ3n) is 1.90. The molecule has 1 unspecified atom stereocenters. The fourth-order valence-electron chi connectivity index (χ4n) is 0.938. The zero-order valence-corrected chi connectivity index (χ0v) is 11.9. The van der Waals surface area contributed by atoms with Crippen molar-refractivity contribution in [1.82, 2.24) is 10.3 Å². The topological polar surface area (TPSA) is 68.0 Å². The van der Waals surface area contributed by atoms with Gasteiger partial charge in [0.15, 0.2) is 0 Å². The van der Waals surface area contributed by atoms with Crippen LogP contribution in [0.25, 0.3) is 0 Å². The molecule has 1 heterocycles. The Morgan fingerprint density at radius 3 is 2.44 bits per heavy atom. The molecule has 1 aromatic heterocycles. The van der Waals surface area contributed by atoms with E-state index in [0.717, 1.165) is 10.7 Å². The van der Waals surface area contributed by atoms with Crippen molar-refractivity contribution in [2.75, 3.05) is 0 Å². The molecule has 16 heavy (non-hydrogen) atoms. The van der Waals surface area contributed by atoms with Gasteiger partial charge in [0, 0.05) is 4.88 Å². The van der Waals surface area contributed by atoms with E-state index < -0.39 is 6.04 Å². The summed E-state index contributed by atoms with van der Waals surface area (Å²) in [7, 11) is 0. The Morgan fingerprint density at radius 1 is 1.50 bits per heavy atom. The lowest BCUT2D eigenvalue weighted by molar-refractivity contribution is -0.122. The van der Waals surface area contributed by atoms with E-state index in [1.807, 2.05) is 13.8 Å². The van der Waals surface area contributed by atoms with E-state index in [1.165, 1.54) is 4.88 Å². The van der Waals surface area contributed by atoms with Gasteiger partial charge in [-0.2, -0.15) is 0 Å². The number of carbonyl (C=O) groups is 1. The molecule has 3 N–H and O–H groups in total. The molecule has 0 radical (unpaired) electrons. The fraction of sp³-hybridized carbons (Fsp3) is 0.556. The molecule has 1 amide bonds. The van der Waals surface area contributed by atoms with Gasteiger partial charge in [0.05, 0.1) is 18.3 Å². The van der Waals surface area contributed by atoms with E-state index in [-0.39, 0.29) is 30.7 Å². The highest BCUT2D eigenvalue weighted by atomic mass is 35.5. The van der Waals surface area contributed by atoms with E-state index in [1.54, 1.807) is 18.3 Å². The molecule has 0 bridgehead atoms. The van der Waals surface area contributed by atoms with E-state index in [2.05, 4.69) is 10.3 Å². The van der Waals surface area contributed by atoms with Gasteiger partial charge in [-0.05, 0) is 20.8 Å². The normalized spacial score (nSPS) is 11.0. The van der Waals surface area contributed by atoms with Crippen LogP contribution in [-0.2, 0) is 11.3 Å². The van der Waals surface area contributed by atoms with Crippen molar-refractivity contribution in [3.63, 3.8) is 0 Å². The minimum atomic E-state index is -0.461. The molecule has 0 saturated heterocycles. The van der Waals surface area contributed by atoms with Crippen LogP contribution in [0.1, 0.15) is 22.5 Å². The number of aryl methyl sites for hydroxylation is 2. The molecule has 0 aromatic carbocycles. The molecule has 0 aliphatic heterocycles. The summed E-state index contributed by atoms with van der Waals surface area (Å²) >= 11 is 1.60. The average molecular weight is 286 g/mol. The van der Waals surface area contributed by atoms with Crippen molar-refractivity contribution in [3.05, 3.63) is 15.6 Å². The van der Waals surface area contributed by atoms with Gasteiger partial charge >= 0.3 is 0 Å². The van der Waals surface area contributed by atoms with Gasteiger partial charge in [-0.25, -0.2) is 4.98 Å². The van der Waals surface area contributed by atoms with Crippen LogP contribution in [0.15, 0.2) is 0 Å². The van der Waals surface area contributed by atoms with Crippen molar-refractivity contribution in [3.8, 4) is 0 Å². The van der Waals surface area contributed by atoms with Crippen molar-refractivity contribution >= 4 is 42.1 Å². The summed E-state index contributed by atoms with van der Waals surface area (Å²) in [6.07, 6.45) is 0. The number of thiazole rings is 1. The summed E-state index contributed by atoms with van der Waals surface area (Å²) < 4.78 is 0. The Labute approximate surface area is 112 Å². The number of hydrogen-bond acceptors (Lipinski definition) is 4. The Balaban J connectivity index is 0. The number of nitrogens with one attached hydrogen (secondary N) is 1. The van der Waals surface area contributed by atoms with Crippen LogP contribution >= 0.6 is 36.2 Å². The number of nitrogens with zero attached hydrogens (tertiary/aromatic N) is 1.